The van der Waals surface area contributed by atoms with Gasteiger partial charge in [0.2, 0.25) is 5.88 Å². The molecule has 1 aromatic heterocycles. The Morgan fingerprint density at radius 3 is 2.27 bits per heavy atom. The van der Waals surface area contributed by atoms with Crippen molar-refractivity contribution < 1.29 is 24.1 Å². The van der Waals surface area contributed by atoms with E-state index in [0.29, 0.717) is 23.1 Å². The van der Waals surface area contributed by atoms with E-state index in [1.165, 1.54) is 38.6 Å². The molecular formula is C16H19NO5. The summed E-state index contributed by atoms with van der Waals surface area (Å²) in [6, 6.07) is 7.72. The molecule has 0 amide bonds. The van der Waals surface area contributed by atoms with Crippen LogP contribution in [0.3, 0.4) is 0 Å². The summed E-state index contributed by atoms with van der Waals surface area (Å²) >= 11 is 0. The maximum Gasteiger partial charge on any atom is 0.335 e. The molecular weight excluding hydrogens is 286 g/mol. The fourth-order valence-corrected chi connectivity index (χ4v) is 1.56. The van der Waals surface area contributed by atoms with Crippen molar-refractivity contribution in [3.05, 3.63) is 42.1 Å². The second-order valence-electron chi connectivity index (χ2n) is 3.81. The van der Waals surface area contributed by atoms with E-state index in [0.717, 1.165) is 0 Å². The highest BCUT2D eigenvalue weighted by atomic mass is 16.5. The molecule has 6 heteroatoms. The number of carbonyl (C=O) groups is 1. The average Bonchev–Trinajstić information content (AvgIpc) is 2.57. The minimum absolute atomic E-state index is 0.127. The van der Waals surface area contributed by atoms with E-state index in [-0.39, 0.29) is 5.56 Å². The van der Waals surface area contributed by atoms with Crippen LogP contribution in [0.4, 0.5) is 0 Å². The summed E-state index contributed by atoms with van der Waals surface area (Å²) in [5.74, 6) is 0.684. The van der Waals surface area contributed by atoms with Crippen molar-refractivity contribution in [1.29, 1.82) is 0 Å². The predicted octanol–water partition coefficient (Wildman–Crippen LogP) is 3.62. The van der Waals surface area contributed by atoms with Gasteiger partial charge in [-0.25, -0.2) is 9.78 Å². The van der Waals surface area contributed by atoms with Crippen LogP contribution in [0.1, 0.15) is 24.2 Å². The molecule has 2 rings (SSSR count). The monoisotopic (exact) mass is 305 g/mol. The van der Waals surface area contributed by atoms with E-state index in [2.05, 4.69) is 4.98 Å². The van der Waals surface area contributed by atoms with Gasteiger partial charge in [0.25, 0.3) is 0 Å². The van der Waals surface area contributed by atoms with E-state index in [4.69, 9.17) is 19.3 Å². The van der Waals surface area contributed by atoms with Crippen LogP contribution in [-0.2, 0) is 0 Å². The Kier molecular flexibility index (Phi) is 6.69. The van der Waals surface area contributed by atoms with Gasteiger partial charge in [-0.05, 0) is 24.3 Å². The maximum absolute atomic E-state index is 10.9. The fraction of sp³-hybridized carbons (Fsp3) is 0.250. The van der Waals surface area contributed by atoms with Gasteiger partial charge in [-0.15, -0.1) is 0 Å². The molecule has 1 heterocycles. The minimum atomic E-state index is -1.03. The molecule has 0 spiro atoms. The third-order valence-corrected chi connectivity index (χ3v) is 2.56. The number of carboxylic acid groups (broad SMARTS) is 1. The summed E-state index contributed by atoms with van der Waals surface area (Å²) in [7, 11) is 2.97. The summed E-state index contributed by atoms with van der Waals surface area (Å²) in [6.07, 6.45) is 1.50. The van der Waals surface area contributed by atoms with Crippen LogP contribution in [0.2, 0.25) is 0 Å². The molecule has 1 N–H and O–H groups in total. The Morgan fingerprint density at radius 1 is 1.05 bits per heavy atom. The Hall–Kier alpha value is -2.76. The van der Waals surface area contributed by atoms with Gasteiger partial charge in [0.1, 0.15) is 5.75 Å². The van der Waals surface area contributed by atoms with Gasteiger partial charge in [-0.2, -0.15) is 0 Å². The van der Waals surface area contributed by atoms with Crippen molar-refractivity contribution >= 4 is 5.97 Å². The van der Waals surface area contributed by atoms with Gasteiger partial charge in [-0.3, -0.25) is 0 Å². The quantitative estimate of drug-likeness (QED) is 0.909. The lowest BCUT2D eigenvalue weighted by molar-refractivity contribution is 0.0696. The smallest absolute Gasteiger partial charge is 0.335 e. The van der Waals surface area contributed by atoms with Gasteiger partial charge in [0.15, 0.2) is 11.5 Å². The number of nitrogens with zero attached hydrogens (tertiary/aromatic N) is 1. The van der Waals surface area contributed by atoms with E-state index >= 15 is 0 Å². The zero-order valence-electron chi connectivity index (χ0n) is 13.0. The van der Waals surface area contributed by atoms with Crippen molar-refractivity contribution in [2.75, 3.05) is 14.2 Å². The van der Waals surface area contributed by atoms with Crippen LogP contribution in [0.5, 0.6) is 23.1 Å². The van der Waals surface area contributed by atoms with Gasteiger partial charge in [0.05, 0.1) is 26.0 Å². The highest BCUT2D eigenvalue weighted by Crippen LogP contribution is 2.32. The molecule has 0 atom stereocenters. The number of hydrogen-bond donors (Lipinski definition) is 1. The summed E-state index contributed by atoms with van der Waals surface area (Å²) < 4.78 is 15.7. The van der Waals surface area contributed by atoms with Crippen LogP contribution in [-0.4, -0.2) is 30.3 Å². The molecule has 0 bridgehead atoms. The van der Waals surface area contributed by atoms with Crippen LogP contribution in [0.25, 0.3) is 0 Å². The van der Waals surface area contributed by atoms with Crippen LogP contribution in [0.15, 0.2) is 36.5 Å². The second kappa shape index (κ2) is 8.51. The van der Waals surface area contributed by atoms with E-state index in [1.54, 1.807) is 12.1 Å². The Morgan fingerprint density at radius 2 is 1.77 bits per heavy atom. The molecule has 0 saturated carbocycles. The standard InChI is InChI=1S/C14H13NO5.C2H6/c1-18-12-7-9(14(16)17)3-5-11(12)20-10-4-6-13(19-2)15-8-10;1-2/h3-8H,1-2H3,(H,16,17);1-2H3. The normalized spacial score (nSPS) is 9.27. The average molecular weight is 305 g/mol. The van der Waals surface area contributed by atoms with E-state index in [9.17, 15) is 4.79 Å². The zero-order chi connectivity index (χ0) is 16.5. The molecule has 6 nitrogen and oxygen atoms in total. The molecule has 0 saturated heterocycles. The lowest BCUT2D eigenvalue weighted by Gasteiger charge is -2.10. The zero-order valence-corrected chi connectivity index (χ0v) is 13.0. The van der Waals surface area contributed by atoms with E-state index < -0.39 is 5.97 Å². The van der Waals surface area contributed by atoms with Crippen LogP contribution in [0, 0.1) is 0 Å². The number of ether oxygens (including phenoxy) is 3. The minimum Gasteiger partial charge on any atom is -0.493 e. The molecule has 118 valence electrons. The molecule has 22 heavy (non-hydrogen) atoms. The van der Waals surface area contributed by atoms with Gasteiger partial charge in [-0.1, -0.05) is 13.8 Å². The molecule has 0 fully saturated rings. The summed E-state index contributed by atoms with van der Waals surface area (Å²) in [5.41, 5.74) is 0.127. The number of methoxy groups -OCH3 is 2. The highest BCUT2D eigenvalue weighted by Gasteiger charge is 2.11. The molecule has 0 aliphatic rings. The first-order valence-electron chi connectivity index (χ1n) is 6.73. The fourth-order valence-electron chi connectivity index (χ4n) is 1.56. The van der Waals surface area contributed by atoms with Crippen molar-refractivity contribution in [2.24, 2.45) is 0 Å². The Bertz CT molecular complexity index is 610. The number of benzene rings is 1. The first kappa shape index (κ1) is 17.3. The molecule has 0 radical (unpaired) electrons. The highest BCUT2D eigenvalue weighted by molar-refractivity contribution is 5.88. The molecule has 1 aromatic carbocycles. The van der Waals surface area contributed by atoms with E-state index in [1.807, 2.05) is 13.8 Å². The summed E-state index contributed by atoms with van der Waals surface area (Å²) in [4.78, 5) is 14.9. The number of carboxylic acids is 1. The third-order valence-electron chi connectivity index (χ3n) is 2.56. The number of rotatable bonds is 5. The van der Waals surface area contributed by atoms with Crippen molar-refractivity contribution in [2.45, 2.75) is 13.8 Å². The van der Waals surface area contributed by atoms with Gasteiger partial charge >= 0.3 is 5.97 Å². The third kappa shape index (κ3) is 4.37. The van der Waals surface area contributed by atoms with Crippen LogP contribution >= 0.6 is 0 Å². The van der Waals surface area contributed by atoms with Crippen molar-refractivity contribution in [1.82, 2.24) is 4.98 Å². The molecule has 0 aliphatic carbocycles. The number of pyridine rings is 1. The molecule has 0 aliphatic heterocycles. The number of aromatic nitrogens is 1. The first-order valence-corrected chi connectivity index (χ1v) is 6.73. The number of aromatic carboxylic acids is 1. The topological polar surface area (TPSA) is 77.9 Å². The van der Waals surface area contributed by atoms with Crippen LogP contribution < -0.4 is 14.2 Å². The molecule has 2 aromatic rings. The SMILES string of the molecule is CC.COc1ccc(Oc2ccc(C(=O)O)cc2OC)cn1. The lowest BCUT2D eigenvalue weighted by atomic mass is 10.2. The largest absolute Gasteiger partial charge is 0.493 e. The van der Waals surface area contributed by atoms with Crippen molar-refractivity contribution in [3.8, 4) is 23.1 Å². The second-order valence-corrected chi connectivity index (χ2v) is 3.81. The Labute approximate surface area is 129 Å². The maximum atomic E-state index is 10.9. The predicted molar refractivity (Wildman–Crippen MR) is 82.2 cm³/mol. The summed E-state index contributed by atoms with van der Waals surface area (Å²) in [5, 5.41) is 8.92. The lowest BCUT2D eigenvalue weighted by Crippen LogP contribution is -1.98. The van der Waals surface area contributed by atoms with Gasteiger partial charge < -0.3 is 19.3 Å². The number of hydrogen-bond acceptors (Lipinski definition) is 5. The Balaban J connectivity index is 0.00000116. The van der Waals surface area contributed by atoms with Gasteiger partial charge in [0, 0.05) is 6.07 Å². The first-order chi connectivity index (χ1) is 10.6. The van der Waals surface area contributed by atoms with Crippen molar-refractivity contribution in [3.63, 3.8) is 0 Å². The molecule has 0 unspecified atom stereocenters. The summed E-state index contributed by atoms with van der Waals surface area (Å²) in [6.45, 7) is 4.00.